The van der Waals surface area contributed by atoms with Gasteiger partial charge >= 0.3 is 0 Å². The third-order valence-electron chi connectivity index (χ3n) is 3.56. The summed E-state index contributed by atoms with van der Waals surface area (Å²) in [6.45, 7) is 8.72. The van der Waals surface area contributed by atoms with Gasteiger partial charge in [0.2, 0.25) is 0 Å². The second kappa shape index (κ2) is 10.6. The summed E-state index contributed by atoms with van der Waals surface area (Å²) in [6, 6.07) is 0. The lowest BCUT2D eigenvalue weighted by Crippen LogP contribution is -2.19. The standard InChI is InChI=1S/C15H31NO/c1-5-8-9-10-12-14(11-6-2)15(16-17)13(4)7-3/h14,16-17H,5-12H2,1-4H3/b15-13+. The molecular weight excluding hydrogens is 210 g/mol. The highest BCUT2D eigenvalue weighted by Crippen LogP contribution is 2.25. The van der Waals surface area contributed by atoms with Crippen LogP contribution in [0.4, 0.5) is 0 Å². The first-order valence-electron chi connectivity index (χ1n) is 7.30. The predicted octanol–water partition coefficient (Wildman–Crippen LogP) is 5.04. The van der Waals surface area contributed by atoms with Crippen LogP contribution in [0.15, 0.2) is 11.3 Å². The first-order valence-corrected chi connectivity index (χ1v) is 7.30. The van der Waals surface area contributed by atoms with Gasteiger partial charge in [0.25, 0.3) is 0 Å². The normalized spacial score (nSPS) is 14.4. The van der Waals surface area contributed by atoms with Crippen molar-refractivity contribution in [3.8, 4) is 0 Å². The monoisotopic (exact) mass is 241 g/mol. The summed E-state index contributed by atoms with van der Waals surface area (Å²) in [6.07, 6.45) is 9.78. The number of hydroxylamine groups is 1. The van der Waals surface area contributed by atoms with Gasteiger partial charge in [0.05, 0.1) is 0 Å². The zero-order chi connectivity index (χ0) is 13.1. The van der Waals surface area contributed by atoms with Crippen molar-refractivity contribution in [1.82, 2.24) is 5.48 Å². The maximum atomic E-state index is 9.32. The van der Waals surface area contributed by atoms with E-state index in [0.29, 0.717) is 5.92 Å². The summed E-state index contributed by atoms with van der Waals surface area (Å²) in [5, 5.41) is 9.32. The Kier molecular flexibility index (Phi) is 10.3. The van der Waals surface area contributed by atoms with Crippen LogP contribution >= 0.6 is 0 Å². The second-order valence-corrected chi connectivity index (χ2v) is 4.99. The Hall–Kier alpha value is -0.500. The molecule has 0 saturated heterocycles. The summed E-state index contributed by atoms with van der Waals surface area (Å²) in [4.78, 5) is 0. The fourth-order valence-corrected chi connectivity index (χ4v) is 2.32. The average Bonchev–Trinajstić information content (AvgIpc) is 2.35. The van der Waals surface area contributed by atoms with E-state index >= 15 is 0 Å². The molecule has 1 atom stereocenters. The van der Waals surface area contributed by atoms with Crippen molar-refractivity contribution in [3.05, 3.63) is 11.3 Å². The number of rotatable bonds is 10. The summed E-state index contributed by atoms with van der Waals surface area (Å²) in [7, 11) is 0. The summed E-state index contributed by atoms with van der Waals surface area (Å²) >= 11 is 0. The highest BCUT2D eigenvalue weighted by molar-refractivity contribution is 5.12. The maximum absolute atomic E-state index is 9.32. The smallest absolute Gasteiger partial charge is 0.0396 e. The third kappa shape index (κ3) is 6.72. The van der Waals surface area contributed by atoms with Crippen LogP contribution in [0.5, 0.6) is 0 Å². The quantitative estimate of drug-likeness (QED) is 0.415. The Morgan fingerprint density at radius 1 is 1.00 bits per heavy atom. The van der Waals surface area contributed by atoms with Gasteiger partial charge in [0.1, 0.15) is 0 Å². The molecule has 2 heteroatoms. The van der Waals surface area contributed by atoms with E-state index in [4.69, 9.17) is 0 Å². The lowest BCUT2D eigenvalue weighted by molar-refractivity contribution is 0.178. The van der Waals surface area contributed by atoms with Crippen molar-refractivity contribution < 1.29 is 5.21 Å². The molecule has 0 aromatic carbocycles. The third-order valence-corrected chi connectivity index (χ3v) is 3.56. The average molecular weight is 241 g/mol. The van der Waals surface area contributed by atoms with Gasteiger partial charge in [0.15, 0.2) is 0 Å². The van der Waals surface area contributed by atoms with E-state index in [1.54, 1.807) is 0 Å². The fourth-order valence-electron chi connectivity index (χ4n) is 2.32. The number of nitrogens with one attached hydrogen (secondary N) is 1. The molecule has 0 aromatic rings. The van der Waals surface area contributed by atoms with Crippen LogP contribution in [0.25, 0.3) is 0 Å². The van der Waals surface area contributed by atoms with E-state index in [1.807, 2.05) is 0 Å². The minimum Gasteiger partial charge on any atom is -0.291 e. The Bertz CT molecular complexity index is 211. The molecule has 17 heavy (non-hydrogen) atoms. The molecule has 0 spiro atoms. The number of hydrogen-bond donors (Lipinski definition) is 2. The zero-order valence-electron chi connectivity index (χ0n) is 12.2. The minimum absolute atomic E-state index is 0.516. The van der Waals surface area contributed by atoms with Crippen molar-refractivity contribution in [2.45, 2.75) is 79.1 Å². The Labute approximate surface area is 107 Å². The van der Waals surface area contributed by atoms with Crippen LogP contribution < -0.4 is 5.48 Å². The molecule has 2 nitrogen and oxygen atoms in total. The van der Waals surface area contributed by atoms with Gasteiger partial charge in [-0.1, -0.05) is 58.4 Å². The lowest BCUT2D eigenvalue weighted by Gasteiger charge is -2.21. The van der Waals surface area contributed by atoms with E-state index in [2.05, 4.69) is 33.2 Å². The molecule has 0 aliphatic rings. The SMILES string of the molecule is CCCCCCC(CCC)/C(NO)=C(/C)CC. The molecule has 1 unspecified atom stereocenters. The summed E-state index contributed by atoms with van der Waals surface area (Å²) in [5.41, 5.74) is 4.83. The van der Waals surface area contributed by atoms with Crippen LogP contribution in [0.1, 0.15) is 79.1 Å². The molecule has 0 heterocycles. The van der Waals surface area contributed by atoms with Crippen LogP contribution in [-0.4, -0.2) is 5.21 Å². The van der Waals surface area contributed by atoms with Gasteiger partial charge in [-0.15, -0.1) is 0 Å². The Balaban J connectivity index is 4.37. The molecule has 0 radical (unpaired) electrons. The molecule has 0 fully saturated rings. The van der Waals surface area contributed by atoms with Crippen molar-refractivity contribution in [3.63, 3.8) is 0 Å². The lowest BCUT2D eigenvalue weighted by atomic mass is 9.90. The highest BCUT2D eigenvalue weighted by Gasteiger charge is 2.14. The van der Waals surface area contributed by atoms with E-state index in [0.717, 1.165) is 12.1 Å². The molecule has 0 bridgehead atoms. The predicted molar refractivity (Wildman–Crippen MR) is 75.1 cm³/mol. The molecule has 0 saturated carbocycles. The van der Waals surface area contributed by atoms with Gasteiger partial charge in [-0.05, 0) is 26.2 Å². The molecule has 102 valence electrons. The Morgan fingerprint density at radius 2 is 1.71 bits per heavy atom. The highest BCUT2D eigenvalue weighted by atomic mass is 16.5. The van der Waals surface area contributed by atoms with E-state index in [9.17, 15) is 5.21 Å². The molecule has 2 N–H and O–H groups in total. The topological polar surface area (TPSA) is 32.3 Å². The van der Waals surface area contributed by atoms with E-state index in [1.165, 1.54) is 50.5 Å². The van der Waals surface area contributed by atoms with Gasteiger partial charge in [-0.2, -0.15) is 0 Å². The molecular formula is C15H31NO. The first kappa shape index (κ1) is 16.5. The van der Waals surface area contributed by atoms with Gasteiger partial charge in [-0.25, -0.2) is 0 Å². The van der Waals surface area contributed by atoms with Gasteiger partial charge in [0, 0.05) is 11.6 Å². The summed E-state index contributed by atoms with van der Waals surface area (Å²) in [5.74, 6) is 0.516. The van der Waals surface area contributed by atoms with Crippen molar-refractivity contribution in [2.75, 3.05) is 0 Å². The van der Waals surface area contributed by atoms with E-state index < -0.39 is 0 Å². The fraction of sp³-hybridized carbons (Fsp3) is 0.867. The van der Waals surface area contributed by atoms with Crippen LogP contribution in [0, 0.1) is 5.92 Å². The van der Waals surface area contributed by atoms with Crippen molar-refractivity contribution in [2.24, 2.45) is 5.92 Å². The second-order valence-electron chi connectivity index (χ2n) is 4.99. The van der Waals surface area contributed by atoms with Gasteiger partial charge in [-0.3, -0.25) is 10.7 Å². The van der Waals surface area contributed by atoms with Crippen LogP contribution in [0.3, 0.4) is 0 Å². The van der Waals surface area contributed by atoms with Crippen LogP contribution in [0.2, 0.25) is 0 Å². The maximum Gasteiger partial charge on any atom is 0.0396 e. The number of unbranched alkanes of at least 4 members (excludes halogenated alkanes) is 3. The largest absolute Gasteiger partial charge is 0.291 e. The number of allylic oxidation sites excluding steroid dienone is 2. The molecule has 0 aliphatic carbocycles. The first-order chi connectivity index (χ1) is 8.21. The van der Waals surface area contributed by atoms with Crippen molar-refractivity contribution >= 4 is 0 Å². The summed E-state index contributed by atoms with van der Waals surface area (Å²) < 4.78 is 0. The Morgan fingerprint density at radius 3 is 2.18 bits per heavy atom. The van der Waals surface area contributed by atoms with Crippen molar-refractivity contribution in [1.29, 1.82) is 0 Å². The van der Waals surface area contributed by atoms with E-state index in [-0.39, 0.29) is 0 Å². The molecule has 0 aromatic heterocycles. The molecule has 0 aliphatic heterocycles. The number of hydrogen-bond acceptors (Lipinski definition) is 2. The zero-order valence-corrected chi connectivity index (χ0v) is 12.2. The molecule has 0 rings (SSSR count). The molecule has 0 amide bonds. The minimum atomic E-state index is 0.516. The van der Waals surface area contributed by atoms with Gasteiger partial charge < -0.3 is 0 Å². The van der Waals surface area contributed by atoms with Crippen LogP contribution in [-0.2, 0) is 0 Å².